The van der Waals surface area contributed by atoms with Crippen LogP contribution in [0, 0.1) is 5.92 Å². The number of nitrogen functional groups attached to an aromatic ring is 1. The maximum absolute atomic E-state index is 11.7. The van der Waals surface area contributed by atoms with Crippen molar-refractivity contribution in [3.05, 3.63) is 12.0 Å². The number of fused-ring (bicyclic) bond motifs is 1. The number of carbonyl (C=O) groups is 1. The number of imidazole rings is 1. The lowest BCUT2D eigenvalue weighted by Gasteiger charge is -2.05. The van der Waals surface area contributed by atoms with E-state index in [1.54, 1.807) is 0 Å². The van der Waals surface area contributed by atoms with E-state index >= 15 is 0 Å². The number of hydrogen-bond donors (Lipinski definition) is 3. The van der Waals surface area contributed by atoms with Gasteiger partial charge in [0, 0.05) is 0 Å². The van der Waals surface area contributed by atoms with Crippen molar-refractivity contribution < 1.29 is 9.63 Å². The molecule has 4 N–H and O–H groups in total. The lowest BCUT2D eigenvalue weighted by Crippen LogP contribution is -2.26. The lowest BCUT2D eigenvalue weighted by molar-refractivity contribution is 0.0201. The van der Waals surface area contributed by atoms with E-state index in [0.717, 1.165) is 0 Å². The number of nitrogens with zero attached hydrogens (tertiary/aromatic N) is 3. The standard InChI is InChI=1S/C10H14N6O2/c1-5(2)4-18-16-9(17)8-13-6-3-12-10(11)15-7(6)14-8/h3,5H,4H2,1-2H3,(H,16,17)(H3,11,12,13,14,15). The van der Waals surface area contributed by atoms with Gasteiger partial charge in [-0.2, -0.15) is 4.98 Å². The fourth-order valence-electron chi connectivity index (χ4n) is 1.25. The number of rotatable bonds is 4. The first kappa shape index (κ1) is 12.2. The molecule has 0 saturated heterocycles. The number of nitrogens with two attached hydrogens (primary N) is 1. The van der Waals surface area contributed by atoms with Crippen LogP contribution in [0.3, 0.4) is 0 Å². The quantitative estimate of drug-likeness (QED) is 0.669. The Balaban J connectivity index is 2.08. The molecular weight excluding hydrogens is 236 g/mol. The Labute approximate surface area is 103 Å². The molecular formula is C10H14N6O2. The second-order valence-corrected chi connectivity index (χ2v) is 4.19. The third kappa shape index (κ3) is 2.72. The Morgan fingerprint density at radius 1 is 1.56 bits per heavy atom. The third-order valence-corrected chi connectivity index (χ3v) is 2.05. The molecule has 0 aliphatic heterocycles. The highest BCUT2D eigenvalue weighted by atomic mass is 16.7. The Morgan fingerprint density at radius 2 is 2.33 bits per heavy atom. The fraction of sp³-hybridized carbons (Fsp3) is 0.400. The van der Waals surface area contributed by atoms with Gasteiger partial charge < -0.3 is 10.7 Å². The summed E-state index contributed by atoms with van der Waals surface area (Å²) < 4.78 is 0. The summed E-state index contributed by atoms with van der Waals surface area (Å²) in [5.41, 5.74) is 8.60. The van der Waals surface area contributed by atoms with Crippen LogP contribution in [0.4, 0.5) is 5.95 Å². The van der Waals surface area contributed by atoms with Crippen LogP contribution < -0.4 is 11.2 Å². The molecule has 18 heavy (non-hydrogen) atoms. The molecule has 2 aromatic rings. The molecule has 0 radical (unpaired) electrons. The van der Waals surface area contributed by atoms with Crippen molar-refractivity contribution in [1.82, 2.24) is 25.4 Å². The molecule has 0 bridgehead atoms. The summed E-state index contributed by atoms with van der Waals surface area (Å²) >= 11 is 0. The SMILES string of the molecule is CC(C)CONC(=O)c1nc2nc(N)ncc2[nH]1. The van der Waals surface area contributed by atoms with Crippen molar-refractivity contribution in [2.45, 2.75) is 13.8 Å². The van der Waals surface area contributed by atoms with Gasteiger partial charge in [0.1, 0.15) is 5.52 Å². The number of anilines is 1. The molecule has 0 unspecified atom stereocenters. The normalized spacial score (nSPS) is 11.1. The van der Waals surface area contributed by atoms with Gasteiger partial charge in [-0.05, 0) is 5.92 Å². The Morgan fingerprint density at radius 3 is 3.06 bits per heavy atom. The molecule has 0 aliphatic rings. The highest BCUT2D eigenvalue weighted by Crippen LogP contribution is 2.08. The number of amides is 1. The van der Waals surface area contributed by atoms with Crippen molar-refractivity contribution >= 4 is 23.0 Å². The van der Waals surface area contributed by atoms with Gasteiger partial charge in [0.25, 0.3) is 0 Å². The maximum atomic E-state index is 11.7. The Kier molecular flexibility index (Phi) is 3.38. The Bertz CT molecular complexity index is 564. The predicted molar refractivity (Wildman–Crippen MR) is 64.4 cm³/mol. The average molecular weight is 250 g/mol. The van der Waals surface area contributed by atoms with Gasteiger partial charge in [0.05, 0.1) is 12.8 Å². The number of hydroxylamine groups is 1. The maximum Gasteiger partial charge on any atom is 0.310 e. The fourth-order valence-corrected chi connectivity index (χ4v) is 1.25. The molecule has 2 rings (SSSR count). The molecule has 2 aromatic heterocycles. The highest BCUT2D eigenvalue weighted by molar-refractivity contribution is 5.92. The van der Waals surface area contributed by atoms with E-state index in [-0.39, 0.29) is 11.8 Å². The van der Waals surface area contributed by atoms with Crippen molar-refractivity contribution in [3.8, 4) is 0 Å². The van der Waals surface area contributed by atoms with Crippen LogP contribution >= 0.6 is 0 Å². The summed E-state index contributed by atoms with van der Waals surface area (Å²) in [6, 6.07) is 0. The van der Waals surface area contributed by atoms with Gasteiger partial charge >= 0.3 is 5.91 Å². The number of aromatic nitrogens is 4. The van der Waals surface area contributed by atoms with Crippen LogP contribution in [-0.4, -0.2) is 32.4 Å². The van der Waals surface area contributed by atoms with Gasteiger partial charge in [0.15, 0.2) is 5.65 Å². The van der Waals surface area contributed by atoms with Crippen LogP contribution in [0.2, 0.25) is 0 Å². The number of hydrogen-bond acceptors (Lipinski definition) is 6. The second-order valence-electron chi connectivity index (χ2n) is 4.19. The molecule has 2 heterocycles. The Hall–Kier alpha value is -2.22. The van der Waals surface area contributed by atoms with Crippen molar-refractivity contribution in [2.24, 2.45) is 5.92 Å². The van der Waals surface area contributed by atoms with Crippen LogP contribution in [0.25, 0.3) is 11.2 Å². The number of carbonyl (C=O) groups excluding carboxylic acids is 1. The van der Waals surface area contributed by atoms with Crippen LogP contribution in [-0.2, 0) is 4.84 Å². The molecule has 8 heteroatoms. The van der Waals surface area contributed by atoms with E-state index in [0.29, 0.717) is 23.7 Å². The van der Waals surface area contributed by atoms with Gasteiger partial charge in [-0.25, -0.2) is 15.4 Å². The minimum atomic E-state index is -0.466. The molecule has 0 saturated carbocycles. The third-order valence-electron chi connectivity index (χ3n) is 2.05. The molecule has 0 atom stereocenters. The van der Waals surface area contributed by atoms with Crippen LogP contribution in [0.1, 0.15) is 24.5 Å². The zero-order valence-corrected chi connectivity index (χ0v) is 10.1. The average Bonchev–Trinajstić information content (AvgIpc) is 2.71. The zero-order chi connectivity index (χ0) is 13.1. The van der Waals surface area contributed by atoms with E-state index in [9.17, 15) is 4.79 Å². The second kappa shape index (κ2) is 4.96. The molecule has 0 aliphatic carbocycles. The largest absolute Gasteiger partial charge is 0.368 e. The van der Waals surface area contributed by atoms with E-state index in [2.05, 4.69) is 25.4 Å². The molecule has 1 amide bonds. The summed E-state index contributed by atoms with van der Waals surface area (Å²) in [6.07, 6.45) is 1.47. The summed E-state index contributed by atoms with van der Waals surface area (Å²) in [5.74, 6) is 0.0736. The molecule has 96 valence electrons. The number of nitrogens with one attached hydrogen (secondary N) is 2. The topological polar surface area (TPSA) is 119 Å². The number of H-pyrrole nitrogens is 1. The molecule has 0 aromatic carbocycles. The lowest BCUT2D eigenvalue weighted by atomic mass is 10.2. The molecule has 0 fully saturated rings. The summed E-state index contributed by atoms with van der Waals surface area (Å²) in [7, 11) is 0. The van der Waals surface area contributed by atoms with Crippen LogP contribution in [0.5, 0.6) is 0 Å². The minimum Gasteiger partial charge on any atom is -0.368 e. The first-order chi connectivity index (χ1) is 8.56. The zero-order valence-electron chi connectivity index (χ0n) is 10.1. The van der Waals surface area contributed by atoms with E-state index in [4.69, 9.17) is 10.6 Å². The van der Waals surface area contributed by atoms with Crippen LogP contribution in [0.15, 0.2) is 6.20 Å². The van der Waals surface area contributed by atoms with Crippen molar-refractivity contribution in [1.29, 1.82) is 0 Å². The number of aromatic amines is 1. The smallest absolute Gasteiger partial charge is 0.310 e. The summed E-state index contributed by atoms with van der Waals surface area (Å²) in [4.78, 5) is 31.1. The van der Waals surface area contributed by atoms with Gasteiger partial charge in [-0.3, -0.25) is 9.63 Å². The van der Waals surface area contributed by atoms with Crippen molar-refractivity contribution in [2.75, 3.05) is 12.3 Å². The van der Waals surface area contributed by atoms with Gasteiger partial charge in [-0.1, -0.05) is 13.8 Å². The van der Waals surface area contributed by atoms with Gasteiger partial charge in [-0.15, -0.1) is 0 Å². The first-order valence-corrected chi connectivity index (χ1v) is 5.46. The highest BCUT2D eigenvalue weighted by Gasteiger charge is 2.12. The van der Waals surface area contributed by atoms with E-state index < -0.39 is 5.91 Å². The minimum absolute atomic E-state index is 0.105. The predicted octanol–water partition coefficient (Wildman–Crippen LogP) is 0.252. The van der Waals surface area contributed by atoms with Gasteiger partial charge in [0.2, 0.25) is 11.8 Å². The van der Waals surface area contributed by atoms with E-state index in [1.165, 1.54) is 6.20 Å². The summed E-state index contributed by atoms with van der Waals surface area (Å²) in [6.45, 7) is 4.39. The molecule has 8 nitrogen and oxygen atoms in total. The monoisotopic (exact) mass is 250 g/mol. The molecule has 0 spiro atoms. The van der Waals surface area contributed by atoms with E-state index in [1.807, 2.05) is 13.8 Å². The first-order valence-electron chi connectivity index (χ1n) is 5.46. The van der Waals surface area contributed by atoms with Crippen molar-refractivity contribution in [3.63, 3.8) is 0 Å². The summed E-state index contributed by atoms with van der Waals surface area (Å²) in [5, 5.41) is 0.